The fourth-order valence-corrected chi connectivity index (χ4v) is 0. The Kier molecular flexibility index (Phi) is 2.63. The van der Waals surface area contributed by atoms with Crippen LogP contribution in [0.25, 0.3) is 0 Å². The maximum atomic E-state index is 9.91. The van der Waals surface area contributed by atoms with E-state index in [1.165, 1.54) is 0 Å². The number of rotatable bonds is 0. The summed E-state index contributed by atoms with van der Waals surface area (Å²) in [6, 6.07) is 0. The zero-order valence-electron chi connectivity index (χ0n) is 2.34. The number of halogens is 5. The topological polar surface area (TPSA) is 0 Å². The van der Waals surface area contributed by atoms with Crippen LogP contribution >= 0.6 is 0 Å². The van der Waals surface area contributed by atoms with Gasteiger partial charge in [-0.2, -0.15) is 0 Å². The predicted molar refractivity (Wildman–Crippen MR) is 18.0 cm³/mol. The van der Waals surface area contributed by atoms with Crippen molar-refractivity contribution in [1.82, 2.24) is 0 Å². The van der Waals surface area contributed by atoms with Crippen LogP contribution in [-0.2, 0) is 0 Å². The molecule has 0 saturated heterocycles. The van der Waals surface area contributed by atoms with E-state index < -0.39 is 20.3 Å². The molecule has 0 aliphatic carbocycles. The van der Waals surface area contributed by atoms with Crippen LogP contribution in [-0.4, -0.2) is 20.3 Å². The molecule has 0 unspecified atom stereocenters. The van der Waals surface area contributed by atoms with E-state index in [1.54, 1.807) is 0 Å². The summed E-state index contributed by atoms with van der Waals surface area (Å²) in [6.45, 7) is 0. The van der Waals surface area contributed by atoms with E-state index in [2.05, 4.69) is 0 Å². The van der Waals surface area contributed by atoms with Crippen molar-refractivity contribution in [3.63, 3.8) is 0 Å². The van der Waals surface area contributed by atoms with Crippen molar-refractivity contribution >= 4 is 20.3 Å². The van der Waals surface area contributed by atoms with Gasteiger partial charge in [0.25, 0.3) is 0 Å². The van der Waals surface area contributed by atoms with Crippen LogP contribution in [0.5, 0.6) is 0 Å². The van der Waals surface area contributed by atoms with E-state index in [9.17, 15) is 14.1 Å². The van der Waals surface area contributed by atoms with Gasteiger partial charge in [0, 0.05) is 0 Å². The predicted octanol–water partition coefficient (Wildman–Crippen LogP) is 2.36. The van der Waals surface area contributed by atoms with Crippen molar-refractivity contribution in [3.05, 3.63) is 0 Å². The molecule has 0 fully saturated rings. The molecule has 0 saturated carbocycles. The summed E-state index contributed by atoms with van der Waals surface area (Å²) in [4.78, 5) is 0. The van der Waals surface area contributed by atoms with Crippen LogP contribution in [0, 0.1) is 0 Å². The van der Waals surface area contributed by atoms with Gasteiger partial charge in [-0.1, -0.05) is 7.43 Å². The van der Waals surface area contributed by atoms with Crippen LogP contribution in [0.4, 0.5) is 14.1 Å². The van der Waals surface area contributed by atoms with Gasteiger partial charge in [-0.15, -0.1) is 0 Å². The average Bonchev–Trinajstić information content (AvgIpc) is 0.650. The normalized spacial score (nSPS) is 16.4. The molecule has 0 bridgehead atoms. The van der Waals surface area contributed by atoms with E-state index in [-0.39, 0.29) is 7.43 Å². The van der Waals surface area contributed by atoms with Gasteiger partial charge in [-0.25, -0.2) is 0 Å². The molecule has 6 heteroatoms. The molecule has 0 atom stereocenters. The first-order valence-electron chi connectivity index (χ1n) is 0.845. The molecule has 0 aromatic rings. The Hall–Kier alpha value is 0.468. The average molecular weight is 233 g/mol. The Labute approximate surface area is 42.4 Å². The van der Waals surface area contributed by atoms with E-state index in [0.29, 0.717) is 0 Å². The molecule has 0 aliphatic rings. The summed E-state index contributed by atoms with van der Waals surface area (Å²) in [7, 11) is 0. The minimum atomic E-state index is -9.19. The van der Waals surface area contributed by atoms with E-state index in [1.807, 2.05) is 0 Å². The third-order valence-corrected chi connectivity index (χ3v) is 0. The standard InChI is InChI=1S/CH4.5FH.Sb/h1H4;5*1H;/q;;;;;;+5/p-5. The molecule has 48 valence electrons. The van der Waals surface area contributed by atoms with Crippen molar-refractivity contribution in [2.24, 2.45) is 0 Å². The van der Waals surface area contributed by atoms with Gasteiger partial charge in [-0.05, 0) is 0 Å². The van der Waals surface area contributed by atoms with Crippen molar-refractivity contribution in [1.29, 1.82) is 0 Å². The summed E-state index contributed by atoms with van der Waals surface area (Å²) in [6.07, 6.45) is 0. The zero-order valence-corrected chi connectivity index (χ0v) is 4.89. The van der Waals surface area contributed by atoms with Gasteiger partial charge in [0.15, 0.2) is 0 Å². The van der Waals surface area contributed by atoms with Crippen molar-refractivity contribution in [2.75, 3.05) is 0 Å². The summed E-state index contributed by atoms with van der Waals surface area (Å²) in [5.41, 5.74) is 0. The molecule has 0 spiro atoms. The van der Waals surface area contributed by atoms with Gasteiger partial charge in [0.2, 0.25) is 0 Å². The molecule has 7 heavy (non-hydrogen) atoms. The summed E-state index contributed by atoms with van der Waals surface area (Å²) in [5.74, 6) is 0. The molecular weight excluding hydrogens is 229 g/mol. The Morgan fingerprint density at radius 2 is 0.714 bits per heavy atom. The third kappa shape index (κ3) is 589. The fraction of sp³-hybridized carbons (Fsp3) is 1.00. The van der Waals surface area contributed by atoms with Crippen LogP contribution in [0.3, 0.4) is 0 Å². The first-order valence-corrected chi connectivity index (χ1v) is 5.67. The van der Waals surface area contributed by atoms with Gasteiger partial charge in [-0.3, -0.25) is 0 Å². The van der Waals surface area contributed by atoms with Gasteiger partial charge in [0.1, 0.15) is 0 Å². The molecule has 0 nitrogen and oxygen atoms in total. The molecule has 0 aliphatic heterocycles. The molecule has 0 N–H and O–H groups in total. The van der Waals surface area contributed by atoms with E-state index >= 15 is 0 Å². The molecule has 0 amide bonds. The molecule has 0 rings (SSSR count). The number of hydrogen-bond donors (Lipinski definition) is 0. The molecule has 0 aromatic heterocycles. The van der Waals surface area contributed by atoms with Crippen LogP contribution < -0.4 is 0 Å². The summed E-state index contributed by atoms with van der Waals surface area (Å²) >= 11 is -9.19. The van der Waals surface area contributed by atoms with E-state index in [4.69, 9.17) is 0 Å². The van der Waals surface area contributed by atoms with Crippen LogP contribution in [0.15, 0.2) is 0 Å². The first-order chi connectivity index (χ1) is 2.24. The van der Waals surface area contributed by atoms with Crippen molar-refractivity contribution in [2.45, 2.75) is 7.43 Å². The maximum absolute atomic E-state index is 9.91. The third-order valence-electron chi connectivity index (χ3n) is 0. The molecule has 0 aromatic carbocycles. The zero-order chi connectivity index (χ0) is 5.45. The Morgan fingerprint density at radius 3 is 0.714 bits per heavy atom. The van der Waals surface area contributed by atoms with Crippen LogP contribution in [0.1, 0.15) is 7.43 Å². The summed E-state index contributed by atoms with van der Waals surface area (Å²) in [5, 5.41) is 0. The molecular formula is CH4F5Sb. The summed E-state index contributed by atoms with van der Waals surface area (Å²) < 4.78 is 49.6. The second-order valence-corrected chi connectivity index (χ2v) is 4.29. The van der Waals surface area contributed by atoms with Gasteiger partial charge >= 0.3 is 34.4 Å². The monoisotopic (exact) mass is 232 g/mol. The first kappa shape index (κ1) is 10.4. The van der Waals surface area contributed by atoms with E-state index in [0.717, 1.165) is 0 Å². The molecule has 0 radical (unpaired) electrons. The minimum absolute atomic E-state index is 0. The van der Waals surface area contributed by atoms with Gasteiger partial charge in [0.05, 0.1) is 0 Å². The second-order valence-electron chi connectivity index (χ2n) is 0.639. The SMILES string of the molecule is C.[F][Sb]([F])([F])([F])[F]. The molecule has 0 heterocycles. The van der Waals surface area contributed by atoms with Gasteiger partial charge < -0.3 is 0 Å². The van der Waals surface area contributed by atoms with Crippen molar-refractivity contribution in [3.8, 4) is 0 Å². The number of hydrogen-bond acceptors (Lipinski definition) is 0. The van der Waals surface area contributed by atoms with Crippen molar-refractivity contribution < 1.29 is 14.1 Å². The second kappa shape index (κ2) is 1.76. The Morgan fingerprint density at radius 1 is 0.714 bits per heavy atom. The van der Waals surface area contributed by atoms with Crippen LogP contribution in [0.2, 0.25) is 0 Å². The fourth-order valence-electron chi connectivity index (χ4n) is 0. The quantitative estimate of drug-likeness (QED) is 0.444. The Balaban J connectivity index is 0. The Bertz CT molecular complexity index is 41.3.